The molecule has 0 bridgehead atoms. The first-order chi connectivity index (χ1) is 6.25. The van der Waals surface area contributed by atoms with Gasteiger partial charge in [-0.1, -0.05) is 11.6 Å². The molecule has 0 spiro atoms. The van der Waals surface area contributed by atoms with Gasteiger partial charge in [0.25, 0.3) is 0 Å². The molecule has 0 fully saturated rings. The summed E-state index contributed by atoms with van der Waals surface area (Å²) in [5.74, 6) is 0. The van der Waals surface area contributed by atoms with Gasteiger partial charge in [0.2, 0.25) is 0 Å². The number of hydrogen-bond donors (Lipinski definition) is 0. The zero-order valence-electron chi connectivity index (χ0n) is 6.48. The Morgan fingerprint density at radius 3 is 2.46 bits per heavy atom. The molecule has 0 radical (unpaired) electrons. The normalized spacial score (nSPS) is 10.3. The van der Waals surface area contributed by atoms with Gasteiger partial charge in [-0.3, -0.25) is 0 Å². The summed E-state index contributed by atoms with van der Waals surface area (Å²) in [6.07, 6.45) is 1.63. The highest BCUT2D eigenvalue weighted by atomic mass is 79.9. The van der Waals surface area contributed by atoms with Crippen LogP contribution in [0.25, 0.3) is 5.69 Å². The lowest BCUT2D eigenvalue weighted by molar-refractivity contribution is 0.748. The second kappa shape index (κ2) is 3.47. The lowest BCUT2D eigenvalue weighted by atomic mass is 10.3. The fourth-order valence-electron chi connectivity index (χ4n) is 0.943. The molecule has 5 heteroatoms. The zero-order valence-corrected chi connectivity index (χ0v) is 8.83. The van der Waals surface area contributed by atoms with Crippen LogP contribution in [0.3, 0.4) is 0 Å². The van der Waals surface area contributed by atoms with Crippen molar-refractivity contribution in [3.63, 3.8) is 0 Å². The number of halogens is 2. The maximum absolute atomic E-state index is 5.75. The van der Waals surface area contributed by atoms with E-state index in [0.717, 1.165) is 5.69 Å². The SMILES string of the molecule is Clc1ccc(-n2ncc(Br)n2)cc1. The molecule has 3 nitrogen and oxygen atoms in total. The predicted molar refractivity (Wildman–Crippen MR) is 54.1 cm³/mol. The van der Waals surface area contributed by atoms with Crippen LogP contribution < -0.4 is 0 Å². The standard InChI is InChI=1S/C8H5BrClN3/c9-8-5-11-13(12-8)7-3-1-6(10)2-4-7/h1-5H. The van der Waals surface area contributed by atoms with Crippen LogP contribution in [-0.2, 0) is 0 Å². The molecule has 0 aliphatic heterocycles. The molecular formula is C8H5BrClN3. The number of nitrogens with zero attached hydrogens (tertiary/aromatic N) is 3. The Labute approximate surface area is 88.5 Å². The highest BCUT2D eigenvalue weighted by Gasteiger charge is 1.99. The van der Waals surface area contributed by atoms with Crippen LogP contribution in [0.4, 0.5) is 0 Å². The van der Waals surface area contributed by atoms with Gasteiger partial charge in [0.15, 0.2) is 0 Å². The van der Waals surface area contributed by atoms with Crippen LogP contribution in [0.5, 0.6) is 0 Å². The minimum atomic E-state index is 0.704. The van der Waals surface area contributed by atoms with E-state index in [2.05, 4.69) is 26.1 Å². The van der Waals surface area contributed by atoms with Crippen LogP contribution in [-0.4, -0.2) is 15.0 Å². The van der Waals surface area contributed by atoms with Crippen LogP contribution in [0, 0.1) is 0 Å². The Hall–Kier alpha value is -0.870. The van der Waals surface area contributed by atoms with Gasteiger partial charge >= 0.3 is 0 Å². The molecule has 0 N–H and O–H groups in total. The predicted octanol–water partition coefficient (Wildman–Crippen LogP) is 2.68. The molecule has 1 heterocycles. The van der Waals surface area contributed by atoms with E-state index in [1.165, 1.54) is 4.80 Å². The molecule has 0 unspecified atom stereocenters. The second-order valence-corrected chi connectivity index (χ2v) is 3.68. The molecule has 1 aromatic heterocycles. The minimum Gasteiger partial charge on any atom is -0.156 e. The van der Waals surface area contributed by atoms with Gasteiger partial charge in [-0.2, -0.15) is 9.90 Å². The monoisotopic (exact) mass is 257 g/mol. The van der Waals surface area contributed by atoms with Crippen LogP contribution in [0.1, 0.15) is 0 Å². The third kappa shape index (κ3) is 1.89. The topological polar surface area (TPSA) is 30.7 Å². The van der Waals surface area contributed by atoms with Gasteiger partial charge in [-0.15, -0.1) is 5.10 Å². The van der Waals surface area contributed by atoms with Crippen molar-refractivity contribution in [3.05, 3.63) is 40.1 Å². The van der Waals surface area contributed by atoms with Crippen molar-refractivity contribution in [1.29, 1.82) is 0 Å². The van der Waals surface area contributed by atoms with E-state index in [-0.39, 0.29) is 0 Å². The maximum atomic E-state index is 5.75. The first kappa shape index (κ1) is 8.72. The largest absolute Gasteiger partial charge is 0.156 e. The average Bonchev–Trinajstić information content (AvgIpc) is 2.53. The molecule has 0 atom stereocenters. The van der Waals surface area contributed by atoms with Crippen molar-refractivity contribution in [1.82, 2.24) is 15.0 Å². The van der Waals surface area contributed by atoms with Crippen molar-refractivity contribution in [3.8, 4) is 5.69 Å². The van der Waals surface area contributed by atoms with Gasteiger partial charge in [-0.25, -0.2) is 0 Å². The Morgan fingerprint density at radius 2 is 1.92 bits per heavy atom. The molecule has 2 aromatic rings. The molecule has 66 valence electrons. The Balaban J connectivity index is 2.41. The van der Waals surface area contributed by atoms with E-state index < -0.39 is 0 Å². The van der Waals surface area contributed by atoms with Crippen molar-refractivity contribution < 1.29 is 0 Å². The summed E-state index contributed by atoms with van der Waals surface area (Å²) in [5.41, 5.74) is 0.884. The van der Waals surface area contributed by atoms with E-state index in [4.69, 9.17) is 11.6 Å². The molecule has 1 aromatic carbocycles. The number of rotatable bonds is 1. The van der Waals surface area contributed by atoms with Gasteiger partial charge in [-0.05, 0) is 40.2 Å². The Morgan fingerprint density at radius 1 is 1.23 bits per heavy atom. The van der Waals surface area contributed by atoms with E-state index in [0.29, 0.717) is 9.63 Å². The molecule has 0 aliphatic carbocycles. The molecule has 0 saturated carbocycles. The smallest absolute Gasteiger partial charge is 0.148 e. The minimum absolute atomic E-state index is 0.704. The second-order valence-electron chi connectivity index (χ2n) is 2.43. The Kier molecular flexibility index (Phi) is 2.33. The third-order valence-corrected chi connectivity index (χ3v) is 2.14. The lowest BCUT2D eigenvalue weighted by Gasteiger charge is -1.97. The van der Waals surface area contributed by atoms with E-state index in [1.54, 1.807) is 18.3 Å². The maximum Gasteiger partial charge on any atom is 0.148 e. The first-order valence-electron chi connectivity index (χ1n) is 3.59. The van der Waals surface area contributed by atoms with Crippen LogP contribution >= 0.6 is 27.5 Å². The summed E-state index contributed by atoms with van der Waals surface area (Å²) < 4.78 is 0.711. The van der Waals surface area contributed by atoms with Gasteiger partial charge in [0.1, 0.15) is 4.60 Å². The molecule has 2 rings (SSSR count). The molecule has 0 saturated heterocycles. The zero-order chi connectivity index (χ0) is 9.26. The lowest BCUT2D eigenvalue weighted by Crippen LogP contribution is -1.97. The highest BCUT2D eigenvalue weighted by molar-refractivity contribution is 9.10. The van der Waals surface area contributed by atoms with Gasteiger partial charge in [0.05, 0.1) is 11.9 Å². The number of aromatic nitrogens is 3. The third-order valence-electron chi connectivity index (χ3n) is 1.52. The summed E-state index contributed by atoms with van der Waals surface area (Å²) >= 11 is 8.97. The van der Waals surface area contributed by atoms with Crippen molar-refractivity contribution in [2.45, 2.75) is 0 Å². The van der Waals surface area contributed by atoms with E-state index in [1.807, 2.05) is 12.1 Å². The van der Waals surface area contributed by atoms with Crippen molar-refractivity contribution >= 4 is 27.5 Å². The van der Waals surface area contributed by atoms with Crippen molar-refractivity contribution in [2.75, 3.05) is 0 Å². The molecule has 13 heavy (non-hydrogen) atoms. The van der Waals surface area contributed by atoms with Gasteiger partial charge in [0, 0.05) is 5.02 Å². The van der Waals surface area contributed by atoms with Gasteiger partial charge < -0.3 is 0 Å². The summed E-state index contributed by atoms with van der Waals surface area (Å²) in [4.78, 5) is 1.53. The van der Waals surface area contributed by atoms with Crippen molar-refractivity contribution in [2.24, 2.45) is 0 Å². The summed E-state index contributed by atoms with van der Waals surface area (Å²) in [5, 5.41) is 8.82. The first-order valence-corrected chi connectivity index (χ1v) is 4.76. The van der Waals surface area contributed by atoms with Crippen LogP contribution in [0.15, 0.2) is 35.1 Å². The quantitative estimate of drug-likeness (QED) is 0.787. The number of hydrogen-bond acceptors (Lipinski definition) is 2. The fourth-order valence-corrected chi connectivity index (χ4v) is 1.31. The van der Waals surface area contributed by atoms with E-state index in [9.17, 15) is 0 Å². The van der Waals surface area contributed by atoms with Crippen LogP contribution in [0.2, 0.25) is 5.02 Å². The average molecular weight is 259 g/mol. The summed E-state index contributed by atoms with van der Waals surface area (Å²) in [7, 11) is 0. The molecular weight excluding hydrogens is 253 g/mol. The number of benzene rings is 1. The molecule has 0 amide bonds. The summed E-state index contributed by atoms with van der Waals surface area (Å²) in [6, 6.07) is 7.31. The van der Waals surface area contributed by atoms with E-state index >= 15 is 0 Å². The summed E-state index contributed by atoms with van der Waals surface area (Å²) in [6.45, 7) is 0. The molecule has 0 aliphatic rings. The fraction of sp³-hybridized carbons (Fsp3) is 0. The highest BCUT2D eigenvalue weighted by Crippen LogP contribution is 2.12. The Bertz CT molecular complexity index is 410.